The number of nitrogens with zero attached hydrogens (tertiary/aromatic N) is 1. The number of hydrogen-bond acceptors (Lipinski definition) is 3. The predicted octanol–water partition coefficient (Wildman–Crippen LogP) is 2.28. The Kier molecular flexibility index (Phi) is 2.90. The molecule has 18 heavy (non-hydrogen) atoms. The zero-order valence-electron chi connectivity index (χ0n) is 10.3. The zero-order valence-corrected chi connectivity index (χ0v) is 11.1. The summed E-state index contributed by atoms with van der Waals surface area (Å²) >= 11 is 1.91. The first-order valence-electron chi connectivity index (χ1n) is 6.21. The third-order valence-corrected chi connectivity index (χ3v) is 5.24. The lowest BCUT2D eigenvalue weighted by Crippen LogP contribution is -2.36. The SMILES string of the molecule is CC1CSCC1CN1C(=O)c2ccccc2C1=O. The Morgan fingerprint density at radius 2 is 1.78 bits per heavy atom. The van der Waals surface area contributed by atoms with Gasteiger partial charge in [-0.15, -0.1) is 0 Å². The van der Waals surface area contributed by atoms with Gasteiger partial charge in [0.05, 0.1) is 11.1 Å². The summed E-state index contributed by atoms with van der Waals surface area (Å²) in [4.78, 5) is 25.8. The summed E-state index contributed by atoms with van der Waals surface area (Å²) in [6.07, 6.45) is 0. The number of benzene rings is 1. The Balaban J connectivity index is 1.84. The average Bonchev–Trinajstić information content (AvgIpc) is 2.89. The highest BCUT2D eigenvalue weighted by Crippen LogP contribution is 2.32. The Morgan fingerprint density at radius 3 is 2.28 bits per heavy atom. The molecule has 2 heterocycles. The van der Waals surface area contributed by atoms with Crippen LogP contribution in [0.4, 0.5) is 0 Å². The van der Waals surface area contributed by atoms with Crippen LogP contribution in [0, 0.1) is 11.8 Å². The van der Waals surface area contributed by atoms with Crippen LogP contribution in [0.5, 0.6) is 0 Å². The van der Waals surface area contributed by atoms with Crippen molar-refractivity contribution in [1.29, 1.82) is 0 Å². The van der Waals surface area contributed by atoms with Gasteiger partial charge in [0.2, 0.25) is 0 Å². The summed E-state index contributed by atoms with van der Waals surface area (Å²) in [5.74, 6) is 2.96. The molecule has 0 N–H and O–H groups in total. The number of rotatable bonds is 2. The van der Waals surface area contributed by atoms with Crippen LogP contribution in [0.3, 0.4) is 0 Å². The third-order valence-electron chi connectivity index (χ3n) is 3.81. The lowest BCUT2D eigenvalue weighted by atomic mass is 9.98. The molecule has 0 radical (unpaired) electrons. The van der Waals surface area contributed by atoms with Crippen LogP contribution in [0.1, 0.15) is 27.6 Å². The maximum atomic E-state index is 12.2. The van der Waals surface area contributed by atoms with Gasteiger partial charge in [0.15, 0.2) is 0 Å². The molecule has 1 saturated heterocycles. The summed E-state index contributed by atoms with van der Waals surface area (Å²) in [7, 11) is 0. The van der Waals surface area contributed by atoms with E-state index in [4.69, 9.17) is 0 Å². The second-order valence-corrected chi connectivity index (χ2v) is 6.12. The van der Waals surface area contributed by atoms with E-state index < -0.39 is 0 Å². The van der Waals surface area contributed by atoms with Crippen molar-refractivity contribution in [2.75, 3.05) is 18.1 Å². The molecular formula is C14H15NO2S. The van der Waals surface area contributed by atoms with Crippen molar-refractivity contribution >= 4 is 23.6 Å². The summed E-state index contributed by atoms with van der Waals surface area (Å²) in [5.41, 5.74) is 1.11. The first-order valence-corrected chi connectivity index (χ1v) is 7.37. The molecule has 94 valence electrons. The van der Waals surface area contributed by atoms with E-state index in [1.165, 1.54) is 4.90 Å². The van der Waals surface area contributed by atoms with Gasteiger partial charge in [-0.2, -0.15) is 11.8 Å². The van der Waals surface area contributed by atoms with Gasteiger partial charge in [0.1, 0.15) is 0 Å². The van der Waals surface area contributed by atoms with E-state index in [0.717, 1.165) is 11.5 Å². The predicted molar refractivity (Wildman–Crippen MR) is 71.8 cm³/mol. The van der Waals surface area contributed by atoms with Crippen molar-refractivity contribution in [2.45, 2.75) is 6.92 Å². The van der Waals surface area contributed by atoms with Gasteiger partial charge in [0, 0.05) is 6.54 Å². The molecule has 1 aromatic rings. The molecule has 0 saturated carbocycles. The first-order chi connectivity index (χ1) is 8.68. The number of thioether (sulfide) groups is 1. The fourth-order valence-electron chi connectivity index (χ4n) is 2.58. The van der Waals surface area contributed by atoms with Crippen molar-refractivity contribution in [3.8, 4) is 0 Å². The minimum atomic E-state index is -0.125. The van der Waals surface area contributed by atoms with Gasteiger partial charge in [-0.05, 0) is 35.5 Å². The second kappa shape index (κ2) is 4.43. The fourth-order valence-corrected chi connectivity index (χ4v) is 4.09. The minimum absolute atomic E-state index is 0.125. The molecule has 4 heteroatoms. The maximum absolute atomic E-state index is 12.2. The van der Waals surface area contributed by atoms with Crippen molar-refractivity contribution < 1.29 is 9.59 Å². The molecule has 2 atom stereocenters. The quantitative estimate of drug-likeness (QED) is 0.766. The third kappa shape index (κ3) is 1.75. The zero-order chi connectivity index (χ0) is 12.7. The van der Waals surface area contributed by atoms with Crippen LogP contribution in [0.25, 0.3) is 0 Å². The Morgan fingerprint density at radius 1 is 1.17 bits per heavy atom. The largest absolute Gasteiger partial charge is 0.274 e. The molecular weight excluding hydrogens is 246 g/mol. The number of fused-ring (bicyclic) bond motifs is 1. The Hall–Kier alpha value is -1.29. The van der Waals surface area contributed by atoms with E-state index in [1.54, 1.807) is 12.1 Å². The van der Waals surface area contributed by atoms with Crippen LogP contribution in [0.2, 0.25) is 0 Å². The second-order valence-electron chi connectivity index (χ2n) is 5.04. The van der Waals surface area contributed by atoms with E-state index in [1.807, 2.05) is 23.9 Å². The number of amides is 2. The van der Waals surface area contributed by atoms with Crippen LogP contribution in [-0.4, -0.2) is 34.8 Å². The maximum Gasteiger partial charge on any atom is 0.261 e. The fraction of sp³-hybridized carbons (Fsp3) is 0.429. The van der Waals surface area contributed by atoms with Gasteiger partial charge in [-0.3, -0.25) is 14.5 Å². The molecule has 1 aromatic carbocycles. The number of carbonyl (C=O) groups is 2. The molecule has 2 unspecified atom stereocenters. The van der Waals surface area contributed by atoms with Gasteiger partial charge in [0.25, 0.3) is 11.8 Å². The van der Waals surface area contributed by atoms with E-state index in [-0.39, 0.29) is 11.8 Å². The molecule has 0 aliphatic carbocycles. The van der Waals surface area contributed by atoms with Crippen molar-refractivity contribution in [3.05, 3.63) is 35.4 Å². The molecule has 0 bridgehead atoms. The smallest absolute Gasteiger partial charge is 0.261 e. The molecule has 0 aromatic heterocycles. The Labute approximate surface area is 111 Å². The monoisotopic (exact) mass is 261 g/mol. The molecule has 2 aliphatic heterocycles. The summed E-state index contributed by atoms with van der Waals surface area (Å²) in [6.45, 7) is 2.77. The molecule has 2 aliphatic rings. The lowest BCUT2D eigenvalue weighted by Gasteiger charge is -2.21. The number of hydrogen-bond donors (Lipinski definition) is 0. The highest BCUT2D eigenvalue weighted by Gasteiger charge is 2.38. The van der Waals surface area contributed by atoms with Crippen molar-refractivity contribution in [1.82, 2.24) is 4.90 Å². The van der Waals surface area contributed by atoms with Gasteiger partial charge in [-0.25, -0.2) is 0 Å². The summed E-state index contributed by atoms with van der Waals surface area (Å²) in [6, 6.07) is 7.09. The summed E-state index contributed by atoms with van der Waals surface area (Å²) in [5, 5.41) is 0. The van der Waals surface area contributed by atoms with Gasteiger partial charge >= 0.3 is 0 Å². The van der Waals surface area contributed by atoms with E-state index >= 15 is 0 Å². The van der Waals surface area contributed by atoms with E-state index in [2.05, 4.69) is 6.92 Å². The Bertz CT molecular complexity index is 479. The lowest BCUT2D eigenvalue weighted by molar-refractivity contribution is 0.0625. The molecule has 3 rings (SSSR count). The summed E-state index contributed by atoms with van der Waals surface area (Å²) < 4.78 is 0. The van der Waals surface area contributed by atoms with Crippen LogP contribution in [-0.2, 0) is 0 Å². The average molecular weight is 261 g/mol. The topological polar surface area (TPSA) is 37.4 Å². The highest BCUT2D eigenvalue weighted by atomic mass is 32.2. The minimum Gasteiger partial charge on any atom is -0.274 e. The molecule has 3 nitrogen and oxygen atoms in total. The van der Waals surface area contributed by atoms with E-state index in [9.17, 15) is 9.59 Å². The van der Waals surface area contributed by atoms with Crippen LogP contribution < -0.4 is 0 Å². The van der Waals surface area contributed by atoms with Gasteiger partial charge < -0.3 is 0 Å². The van der Waals surface area contributed by atoms with E-state index in [0.29, 0.717) is 29.5 Å². The molecule has 1 fully saturated rings. The highest BCUT2D eigenvalue weighted by molar-refractivity contribution is 7.99. The number of carbonyl (C=O) groups excluding carboxylic acids is 2. The first kappa shape index (κ1) is 11.8. The van der Waals surface area contributed by atoms with Crippen LogP contribution >= 0.6 is 11.8 Å². The van der Waals surface area contributed by atoms with Crippen molar-refractivity contribution in [2.24, 2.45) is 11.8 Å². The van der Waals surface area contributed by atoms with Crippen LogP contribution in [0.15, 0.2) is 24.3 Å². The van der Waals surface area contributed by atoms with Crippen molar-refractivity contribution in [3.63, 3.8) is 0 Å². The normalized spacial score (nSPS) is 26.8. The van der Waals surface area contributed by atoms with Gasteiger partial charge in [-0.1, -0.05) is 19.1 Å². The standard InChI is InChI=1S/C14H15NO2S/c1-9-7-18-8-10(9)6-15-13(16)11-4-2-3-5-12(11)14(15)17/h2-5,9-10H,6-8H2,1H3. The molecule has 0 spiro atoms. The number of imide groups is 1. The molecule has 2 amide bonds.